The van der Waals surface area contributed by atoms with Crippen LogP contribution in [0.2, 0.25) is 0 Å². The first kappa shape index (κ1) is 10.2. The lowest BCUT2D eigenvalue weighted by Gasteiger charge is -2.12. The fourth-order valence-electron chi connectivity index (χ4n) is 0.638. The lowest BCUT2D eigenvalue weighted by Crippen LogP contribution is -2.29. The number of nitrogens with one attached hydrogen (secondary N) is 1. The van der Waals surface area contributed by atoms with Crippen LogP contribution in [0.1, 0.15) is 26.7 Å². The third kappa shape index (κ3) is 4.56. The third-order valence-electron chi connectivity index (χ3n) is 1.48. The summed E-state index contributed by atoms with van der Waals surface area (Å²) in [7, 11) is 0. The first-order valence-electron chi connectivity index (χ1n) is 3.83. The maximum absolute atomic E-state index is 10.5. The van der Waals surface area contributed by atoms with Gasteiger partial charge in [-0.15, -0.1) is 5.48 Å². The molecule has 0 fully saturated rings. The Morgan fingerprint density at radius 2 is 2.18 bits per heavy atom. The highest BCUT2D eigenvalue weighted by Gasteiger charge is 2.03. The Bertz CT molecular complexity index is 130. The Balaban J connectivity index is 3.49. The molecule has 0 radical (unpaired) electrons. The van der Waals surface area contributed by atoms with Crippen molar-refractivity contribution in [2.75, 3.05) is 0 Å². The van der Waals surface area contributed by atoms with Crippen LogP contribution < -0.4 is 5.48 Å². The summed E-state index contributed by atoms with van der Waals surface area (Å²) in [5.41, 5.74) is 2.65. The minimum Gasteiger partial charge on any atom is -0.367 e. The van der Waals surface area contributed by atoms with E-state index in [0.29, 0.717) is 0 Å². The molecule has 0 rings (SSSR count). The number of hydrogen-bond acceptors (Lipinski definition) is 3. The molecule has 0 spiro atoms. The quantitative estimate of drug-likeness (QED) is 0.484. The number of rotatable bonds is 5. The Hall–Kier alpha value is -0.830. The van der Waals surface area contributed by atoms with Crippen molar-refractivity contribution in [3.05, 3.63) is 12.7 Å². The van der Waals surface area contributed by atoms with Crippen LogP contribution >= 0.6 is 0 Å². The molecule has 3 nitrogen and oxygen atoms in total. The highest BCUT2D eigenvalue weighted by Crippen LogP contribution is 1.95. The molecule has 0 aromatic carbocycles. The Morgan fingerprint density at radius 3 is 2.55 bits per heavy atom. The zero-order valence-corrected chi connectivity index (χ0v) is 7.09. The maximum Gasteiger partial charge on any atom is 0.348 e. The Morgan fingerprint density at radius 1 is 1.64 bits per heavy atom. The van der Waals surface area contributed by atoms with Gasteiger partial charge < -0.3 is 4.84 Å². The maximum atomic E-state index is 10.5. The monoisotopic (exact) mass is 157 g/mol. The van der Waals surface area contributed by atoms with Crippen molar-refractivity contribution in [2.45, 2.75) is 32.7 Å². The zero-order chi connectivity index (χ0) is 8.69. The predicted molar refractivity (Wildman–Crippen MR) is 43.8 cm³/mol. The van der Waals surface area contributed by atoms with E-state index in [0.717, 1.165) is 18.9 Å². The van der Waals surface area contributed by atoms with Gasteiger partial charge in [0.2, 0.25) is 0 Å². The van der Waals surface area contributed by atoms with E-state index < -0.39 is 5.97 Å². The minimum atomic E-state index is -0.433. The summed E-state index contributed by atoms with van der Waals surface area (Å²) < 4.78 is 0. The van der Waals surface area contributed by atoms with Gasteiger partial charge in [0.15, 0.2) is 0 Å². The van der Waals surface area contributed by atoms with Crippen molar-refractivity contribution in [2.24, 2.45) is 0 Å². The summed E-state index contributed by atoms with van der Waals surface area (Å²) in [6, 6.07) is 0.249. The number of hydroxylamine groups is 1. The van der Waals surface area contributed by atoms with Gasteiger partial charge in [-0.2, -0.15) is 0 Å². The molecule has 0 amide bonds. The molecule has 3 heteroatoms. The largest absolute Gasteiger partial charge is 0.367 e. The van der Waals surface area contributed by atoms with E-state index >= 15 is 0 Å². The molecule has 64 valence electrons. The van der Waals surface area contributed by atoms with Gasteiger partial charge in [0.25, 0.3) is 0 Å². The molecule has 0 aliphatic carbocycles. The van der Waals surface area contributed by atoms with Gasteiger partial charge in [-0.3, -0.25) is 0 Å². The van der Waals surface area contributed by atoms with Crippen LogP contribution in [0.15, 0.2) is 12.7 Å². The minimum absolute atomic E-state index is 0.249. The van der Waals surface area contributed by atoms with Gasteiger partial charge in [0.1, 0.15) is 0 Å². The van der Waals surface area contributed by atoms with Gasteiger partial charge in [-0.25, -0.2) is 4.79 Å². The van der Waals surface area contributed by atoms with E-state index in [4.69, 9.17) is 0 Å². The third-order valence-corrected chi connectivity index (χ3v) is 1.48. The van der Waals surface area contributed by atoms with Gasteiger partial charge in [-0.1, -0.05) is 20.4 Å². The summed E-state index contributed by atoms with van der Waals surface area (Å²) >= 11 is 0. The van der Waals surface area contributed by atoms with Gasteiger partial charge in [-0.05, 0) is 12.8 Å². The molecule has 0 aliphatic rings. The van der Waals surface area contributed by atoms with E-state index in [2.05, 4.69) is 16.9 Å². The molecule has 0 atom stereocenters. The highest BCUT2D eigenvalue weighted by atomic mass is 16.7. The van der Waals surface area contributed by atoms with Crippen LogP contribution in [-0.4, -0.2) is 12.0 Å². The van der Waals surface area contributed by atoms with Crippen molar-refractivity contribution in [1.29, 1.82) is 0 Å². The van der Waals surface area contributed by atoms with E-state index in [9.17, 15) is 4.79 Å². The van der Waals surface area contributed by atoms with E-state index in [1.165, 1.54) is 0 Å². The zero-order valence-electron chi connectivity index (χ0n) is 7.09. The van der Waals surface area contributed by atoms with Crippen molar-refractivity contribution in [3.8, 4) is 0 Å². The molecular weight excluding hydrogens is 142 g/mol. The molecule has 0 aromatic rings. The van der Waals surface area contributed by atoms with Crippen LogP contribution in [-0.2, 0) is 9.63 Å². The van der Waals surface area contributed by atoms with E-state index in [1.807, 2.05) is 13.8 Å². The van der Waals surface area contributed by atoms with Crippen LogP contribution in [0.3, 0.4) is 0 Å². The van der Waals surface area contributed by atoms with Gasteiger partial charge in [0.05, 0.1) is 0 Å². The average molecular weight is 157 g/mol. The molecule has 0 bridgehead atoms. The van der Waals surface area contributed by atoms with E-state index in [1.54, 1.807) is 0 Å². The Kier molecular flexibility index (Phi) is 5.47. The van der Waals surface area contributed by atoms with E-state index in [-0.39, 0.29) is 6.04 Å². The molecule has 0 saturated carbocycles. The number of carbonyl (C=O) groups is 1. The van der Waals surface area contributed by atoms with Crippen molar-refractivity contribution in [1.82, 2.24) is 5.48 Å². The molecule has 0 unspecified atom stereocenters. The summed E-state index contributed by atoms with van der Waals surface area (Å²) in [6.45, 7) is 7.34. The van der Waals surface area contributed by atoms with Crippen LogP contribution in [0, 0.1) is 0 Å². The van der Waals surface area contributed by atoms with Crippen LogP contribution in [0.25, 0.3) is 0 Å². The van der Waals surface area contributed by atoms with Crippen molar-refractivity contribution in [3.63, 3.8) is 0 Å². The molecule has 11 heavy (non-hydrogen) atoms. The van der Waals surface area contributed by atoms with Crippen LogP contribution in [0.5, 0.6) is 0 Å². The standard InChI is InChI=1S/C8H15NO2/c1-4-7(5-2)9-11-8(10)6-3/h6-7,9H,3-5H2,1-2H3. The fourth-order valence-corrected chi connectivity index (χ4v) is 0.638. The first-order chi connectivity index (χ1) is 5.24. The lowest BCUT2D eigenvalue weighted by molar-refractivity contribution is -0.146. The van der Waals surface area contributed by atoms with Crippen LogP contribution in [0.4, 0.5) is 0 Å². The lowest BCUT2D eigenvalue weighted by atomic mass is 10.2. The summed E-state index contributed by atoms with van der Waals surface area (Å²) in [4.78, 5) is 15.2. The topological polar surface area (TPSA) is 38.3 Å². The Labute approximate surface area is 67.4 Å². The smallest absolute Gasteiger partial charge is 0.348 e. The highest BCUT2D eigenvalue weighted by molar-refractivity contribution is 5.80. The molecule has 0 heterocycles. The molecule has 1 N–H and O–H groups in total. The molecule has 0 aromatic heterocycles. The summed E-state index contributed by atoms with van der Waals surface area (Å²) in [5.74, 6) is -0.433. The first-order valence-corrected chi connectivity index (χ1v) is 3.83. The summed E-state index contributed by atoms with van der Waals surface area (Å²) in [5, 5.41) is 0. The van der Waals surface area contributed by atoms with Gasteiger partial charge >= 0.3 is 5.97 Å². The van der Waals surface area contributed by atoms with Crippen molar-refractivity contribution >= 4 is 5.97 Å². The van der Waals surface area contributed by atoms with Gasteiger partial charge in [0, 0.05) is 12.1 Å². The predicted octanol–water partition coefficient (Wildman–Crippen LogP) is 1.41. The fraction of sp³-hybridized carbons (Fsp3) is 0.625. The summed E-state index contributed by atoms with van der Waals surface area (Å²) in [6.07, 6.45) is 3.03. The SMILES string of the molecule is C=CC(=O)ONC(CC)CC. The number of hydrogen-bond donors (Lipinski definition) is 1. The second-order valence-corrected chi connectivity index (χ2v) is 2.26. The van der Waals surface area contributed by atoms with Crippen molar-refractivity contribution < 1.29 is 9.63 Å². The molecular formula is C8H15NO2. The average Bonchev–Trinajstić information content (AvgIpc) is 2.06. The molecule has 0 aliphatic heterocycles. The second-order valence-electron chi connectivity index (χ2n) is 2.26. The normalized spacial score (nSPS) is 9.73. The number of carbonyl (C=O) groups excluding carboxylic acids is 1. The molecule has 0 saturated heterocycles. The second kappa shape index (κ2) is 5.92.